The molecule has 0 spiro atoms. The minimum absolute atomic E-state index is 0.0438. The van der Waals surface area contributed by atoms with Crippen LogP contribution in [-0.4, -0.2) is 23.9 Å². The molecular weight excluding hydrogens is 216 g/mol. The van der Waals surface area contributed by atoms with Crippen LogP contribution in [0, 0.1) is 17.3 Å². The average molecular weight is 236 g/mol. The number of amides is 2. The zero-order chi connectivity index (χ0) is 12.2. The minimum Gasteiger partial charge on any atom is -0.352 e. The molecule has 0 saturated heterocycles. The maximum Gasteiger partial charge on any atom is 0.235 e. The molecule has 0 aliphatic heterocycles. The summed E-state index contributed by atoms with van der Waals surface area (Å²) in [5, 5.41) is 5.98. The molecule has 0 aromatic heterocycles. The predicted octanol–water partition coefficient (Wildman–Crippen LogP) is 0.816. The van der Waals surface area contributed by atoms with Crippen molar-refractivity contribution in [3.8, 4) is 0 Å². The lowest BCUT2D eigenvalue weighted by atomic mass is 10.1. The monoisotopic (exact) mass is 236 g/mol. The van der Waals surface area contributed by atoms with Crippen LogP contribution in [0.25, 0.3) is 0 Å². The zero-order valence-corrected chi connectivity index (χ0v) is 10.5. The van der Waals surface area contributed by atoms with E-state index in [1.54, 1.807) is 0 Å². The fourth-order valence-electron chi connectivity index (χ4n) is 2.34. The first-order valence-electron chi connectivity index (χ1n) is 6.65. The first-order chi connectivity index (χ1) is 8.03. The van der Waals surface area contributed by atoms with Crippen molar-refractivity contribution in [2.75, 3.05) is 0 Å². The van der Waals surface area contributed by atoms with E-state index >= 15 is 0 Å². The highest BCUT2D eigenvalue weighted by Gasteiger charge is 2.58. The maximum atomic E-state index is 12.1. The van der Waals surface area contributed by atoms with Gasteiger partial charge < -0.3 is 10.6 Å². The Bertz CT molecular complexity index is 344. The van der Waals surface area contributed by atoms with E-state index in [-0.39, 0.29) is 11.8 Å². The molecule has 0 radical (unpaired) electrons. The maximum absolute atomic E-state index is 12.1. The van der Waals surface area contributed by atoms with Gasteiger partial charge in [0.2, 0.25) is 11.8 Å². The molecule has 0 bridgehead atoms. The Labute approximate surface area is 102 Å². The van der Waals surface area contributed by atoms with E-state index in [1.807, 2.05) is 0 Å². The lowest BCUT2D eigenvalue weighted by Gasteiger charge is -2.15. The van der Waals surface area contributed by atoms with Gasteiger partial charge in [0.25, 0.3) is 0 Å². The number of carbonyl (C=O) groups excluding carboxylic acids is 2. The fraction of sp³-hybridized carbons (Fsp3) is 0.846. The van der Waals surface area contributed by atoms with E-state index in [4.69, 9.17) is 0 Å². The second kappa shape index (κ2) is 3.47. The minimum atomic E-state index is -0.718. The van der Waals surface area contributed by atoms with Crippen LogP contribution in [-0.2, 0) is 9.59 Å². The Kier molecular flexibility index (Phi) is 2.25. The number of nitrogens with one attached hydrogen (secondary N) is 2. The van der Waals surface area contributed by atoms with Crippen LogP contribution in [0.3, 0.4) is 0 Å². The van der Waals surface area contributed by atoms with E-state index in [1.165, 1.54) is 0 Å². The molecule has 4 heteroatoms. The highest BCUT2D eigenvalue weighted by Crippen LogP contribution is 2.48. The van der Waals surface area contributed by atoms with Gasteiger partial charge >= 0.3 is 0 Å². The van der Waals surface area contributed by atoms with Crippen molar-refractivity contribution in [1.82, 2.24) is 10.6 Å². The molecule has 3 aliphatic rings. The molecule has 94 valence electrons. The van der Waals surface area contributed by atoms with Gasteiger partial charge in [-0.3, -0.25) is 9.59 Å². The predicted molar refractivity (Wildman–Crippen MR) is 63.1 cm³/mol. The van der Waals surface area contributed by atoms with Gasteiger partial charge in [-0.1, -0.05) is 13.8 Å². The highest BCUT2D eigenvalue weighted by atomic mass is 16.2. The zero-order valence-electron chi connectivity index (χ0n) is 10.5. The summed E-state index contributed by atoms with van der Waals surface area (Å²) in [7, 11) is 0. The van der Waals surface area contributed by atoms with Crippen LogP contribution in [0.15, 0.2) is 0 Å². The second-order valence-corrected chi connectivity index (χ2v) is 6.17. The van der Waals surface area contributed by atoms with E-state index < -0.39 is 5.41 Å². The Morgan fingerprint density at radius 1 is 0.941 bits per heavy atom. The molecule has 4 atom stereocenters. The lowest BCUT2D eigenvalue weighted by molar-refractivity contribution is -0.137. The Morgan fingerprint density at radius 2 is 1.29 bits per heavy atom. The summed E-state index contributed by atoms with van der Waals surface area (Å²) < 4.78 is 0. The molecule has 3 saturated carbocycles. The number of hydrogen-bond donors (Lipinski definition) is 2. The van der Waals surface area contributed by atoms with Crippen molar-refractivity contribution in [3.05, 3.63) is 0 Å². The van der Waals surface area contributed by atoms with Crippen LogP contribution >= 0.6 is 0 Å². The van der Waals surface area contributed by atoms with Crippen molar-refractivity contribution < 1.29 is 9.59 Å². The summed E-state index contributed by atoms with van der Waals surface area (Å²) in [6, 6.07) is 0.625. The van der Waals surface area contributed by atoms with Gasteiger partial charge in [0, 0.05) is 12.1 Å². The molecule has 17 heavy (non-hydrogen) atoms. The summed E-state index contributed by atoms with van der Waals surface area (Å²) in [4.78, 5) is 24.2. The molecule has 4 nitrogen and oxygen atoms in total. The van der Waals surface area contributed by atoms with Crippen molar-refractivity contribution >= 4 is 11.8 Å². The van der Waals surface area contributed by atoms with E-state index in [9.17, 15) is 9.59 Å². The molecule has 2 amide bonds. The normalized spacial score (nSPS) is 40.4. The highest BCUT2D eigenvalue weighted by molar-refractivity contribution is 6.08. The van der Waals surface area contributed by atoms with E-state index in [0.717, 1.165) is 12.8 Å². The van der Waals surface area contributed by atoms with Crippen molar-refractivity contribution in [1.29, 1.82) is 0 Å². The topological polar surface area (TPSA) is 58.2 Å². The summed E-state index contributed by atoms with van der Waals surface area (Å²) in [5.74, 6) is 1.08. The standard InChI is InChI=1S/C13H20N2O2/c1-7-5-9(7)14-11(16)13(3-4-13)12(17)15-10-6-8(10)2/h7-10H,3-6H2,1-2H3,(H,14,16)(H,15,17)/t7-,8+,9+,10-. The van der Waals surface area contributed by atoms with E-state index in [2.05, 4.69) is 24.5 Å². The van der Waals surface area contributed by atoms with Gasteiger partial charge in [-0.05, 0) is 37.5 Å². The third kappa shape index (κ3) is 1.94. The summed E-state index contributed by atoms with van der Waals surface area (Å²) in [6.07, 6.45) is 3.55. The van der Waals surface area contributed by atoms with Gasteiger partial charge in [0.15, 0.2) is 0 Å². The first kappa shape index (κ1) is 11.1. The third-order valence-corrected chi connectivity index (χ3v) is 4.47. The van der Waals surface area contributed by atoms with E-state index in [0.29, 0.717) is 36.8 Å². The SMILES string of the molecule is C[C@@H]1C[C@@H]1NC(=O)C1(C(=O)N[C@@H]2C[C@@H]2C)CC1. The smallest absolute Gasteiger partial charge is 0.235 e. The van der Waals surface area contributed by atoms with Crippen LogP contribution in [0.4, 0.5) is 0 Å². The molecule has 3 aliphatic carbocycles. The molecule has 0 unspecified atom stereocenters. The molecule has 3 rings (SSSR count). The number of rotatable bonds is 4. The van der Waals surface area contributed by atoms with Crippen LogP contribution < -0.4 is 10.6 Å². The number of carbonyl (C=O) groups is 2. The molecule has 0 aromatic rings. The summed E-state index contributed by atoms with van der Waals surface area (Å²) >= 11 is 0. The third-order valence-electron chi connectivity index (χ3n) is 4.47. The van der Waals surface area contributed by atoms with Gasteiger partial charge in [0.1, 0.15) is 5.41 Å². The fourth-order valence-corrected chi connectivity index (χ4v) is 2.34. The quantitative estimate of drug-likeness (QED) is 0.710. The Balaban J connectivity index is 1.56. The van der Waals surface area contributed by atoms with Crippen molar-refractivity contribution in [2.24, 2.45) is 17.3 Å². The van der Waals surface area contributed by atoms with Gasteiger partial charge in [-0.25, -0.2) is 0 Å². The Morgan fingerprint density at radius 3 is 1.53 bits per heavy atom. The van der Waals surface area contributed by atoms with Gasteiger partial charge in [-0.2, -0.15) is 0 Å². The molecular formula is C13H20N2O2. The number of hydrogen-bond acceptors (Lipinski definition) is 2. The van der Waals surface area contributed by atoms with Crippen molar-refractivity contribution in [3.63, 3.8) is 0 Å². The van der Waals surface area contributed by atoms with Crippen LogP contribution in [0.5, 0.6) is 0 Å². The Hall–Kier alpha value is -1.06. The lowest BCUT2D eigenvalue weighted by Crippen LogP contribution is -2.44. The summed E-state index contributed by atoms with van der Waals surface area (Å²) in [6.45, 7) is 4.24. The second-order valence-electron chi connectivity index (χ2n) is 6.17. The van der Waals surface area contributed by atoms with Gasteiger partial charge in [-0.15, -0.1) is 0 Å². The average Bonchev–Trinajstić information content (AvgIpc) is 3.09. The van der Waals surface area contributed by atoms with Crippen LogP contribution in [0.2, 0.25) is 0 Å². The molecule has 2 N–H and O–H groups in total. The molecule has 0 heterocycles. The summed E-state index contributed by atoms with van der Waals surface area (Å²) in [5.41, 5.74) is -0.718. The van der Waals surface area contributed by atoms with Crippen molar-refractivity contribution in [2.45, 2.75) is 51.6 Å². The van der Waals surface area contributed by atoms with Crippen LogP contribution in [0.1, 0.15) is 39.5 Å². The molecule has 3 fully saturated rings. The molecule has 0 aromatic carbocycles. The first-order valence-corrected chi connectivity index (χ1v) is 6.65. The largest absolute Gasteiger partial charge is 0.352 e. The van der Waals surface area contributed by atoms with Gasteiger partial charge in [0.05, 0.1) is 0 Å².